The van der Waals surface area contributed by atoms with Crippen LogP contribution in [0.25, 0.3) is 20.7 Å². The van der Waals surface area contributed by atoms with E-state index in [-0.39, 0.29) is 5.91 Å². The van der Waals surface area contributed by atoms with Crippen molar-refractivity contribution < 1.29 is 9.59 Å². The van der Waals surface area contributed by atoms with Crippen molar-refractivity contribution in [1.82, 2.24) is 4.98 Å². The van der Waals surface area contributed by atoms with Crippen molar-refractivity contribution in [2.45, 2.75) is 19.8 Å². The maximum absolute atomic E-state index is 13.1. The first-order valence-corrected chi connectivity index (χ1v) is 11.1. The molecule has 0 aliphatic heterocycles. The molecule has 3 heterocycles. The van der Waals surface area contributed by atoms with E-state index in [4.69, 9.17) is 11.5 Å². The topological polar surface area (TPSA) is 111 Å². The number of nitrogen functional groups attached to an aromatic ring is 1. The molecule has 30 heavy (non-hydrogen) atoms. The Hall–Kier alpha value is -3.23. The highest BCUT2D eigenvalue weighted by Crippen LogP contribution is 2.45. The summed E-state index contributed by atoms with van der Waals surface area (Å²) in [5.74, 6) is -0.897. The molecular weight excluding hydrogens is 416 g/mol. The van der Waals surface area contributed by atoms with Crippen LogP contribution in [0, 0.1) is 6.92 Å². The SMILES string of the molecule is Cc1ccc2c(N)c(C(=O)Nc3sc4c(c3C(N)=O)CCc3ccccc3-4)sc2n1. The summed E-state index contributed by atoms with van der Waals surface area (Å²) in [6.45, 7) is 1.89. The third-order valence-electron chi connectivity index (χ3n) is 5.33. The lowest BCUT2D eigenvalue weighted by molar-refractivity contribution is 0.100. The fourth-order valence-corrected chi connectivity index (χ4v) is 6.25. The number of carbonyl (C=O) groups excluding carboxylic acids is 2. The van der Waals surface area contributed by atoms with Crippen molar-refractivity contribution in [2.75, 3.05) is 11.1 Å². The van der Waals surface area contributed by atoms with Gasteiger partial charge < -0.3 is 16.8 Å². The number of anilines is 2. The van der Waals surface area contributed by atoms with E-state index in [0.29, 0.717) is 32.4 Å². The molecule has 150 valence electrons. The summed E-state index contributed by atoms with van der Waals surface area (Å²) in [5.41, 5.74) is 16.8. The molecule has 0 atom stereocenters. The molecule has 5 N–H and O–H groups in total. The van der Waals surface area contributed by atoms with Gasteiger partial charge in [0, 0.05) is 16.0 Å². The van der Waals surface area contributed by atoms with Gasteiger partial charge in [-0.15, -0.1) is 22.7 Å². The van der Waals surface area contributed by atoms with Crippen LogP contribution in [0.4, 0.5) is 10.7 Å². The molecule has 2 amide bonds. The summed E-state index contributed by atoms with van der Waals surface area (Å²) in [6.07, 6.45) is 1.55. The minimum atomic E-state index is -0.538. The van der Waals surface area contributed by atoms with E-state index in [2.05, 4.69) is 16.4 Å². The van der Waals surface area contributed by atoms with Gasteiger partial charge in [0.25, 0.3) is 11.8 Å². The number of fused-ring (bicyclic) bond motifs is 4. The molecule has 0 bridgehead atoms. The van der Waals surface area contributed by atoms with Crippen LogP contribution in [0.15, 0.2) is 36.4 Å². The number of nitrogens with zero attached hydrogens (tertiary/aromatic N) is 1. The van der Waals surface area contributed by atoms with Gasteiger partial charge in [0.05, 0.1) is 11.3 Å². The van der Waals surface area contributed by atoms with Crippen molar-refractivity contribution in [3.05, 3.63) is 63.7 Å². The molecule has 1 aliphatic carbocycles. The Balaban J connectivity index is 1.58. The Morgan fingerprint density at radius 3 is 2.70 bits per heavy atom. The molecule has 1 aliphatic rings. The van der Waals surface area contributed by atoms with Crippen molar-refractivity contribution in [3.8, 4) is 10.4 Å². The van der Waals surface area contributed by atoms with Crippen LogP contribution < -0.4 is 16.8 Å². The molecule has 0 fully saturated rings. The minimum Gasteiger partial charge on any atom is -0.397 e. The molecular formula is C22H18N4O2S2. The van der Waals surface area contributed by atoms with Gasteiger partial charge in [-0.25, -0.2) is 4.98 Å². The molecule has 0 unspecified atom stereocenters. The van der Waals surface area contributed by atoms with Crippen LogP contribution >= 0.6 is 22.7 Å². The van der Waals surface area contributed by atoms with Gasteiger partial charge in [0.2, 0.25) is 0 Å². The summed E-state index contributed by atoms with van der Waals surface area (Å²) >= 11 is 2.63. The van der Waals surface area contributed by atoms with Gasteiger partial charge in [-0.3, -0.25) is 9.59 Å². The molecule has 5 rings (SSSR count). The number of thiophene rings is 2. The zero-order chi connectivity index (χ0) is 21.0. The highest BCUT2D eigenvalue weighted by Gasteiger charge is 2.28. The number of hydrogen-bond acceptors (Lipinski definition) is 6. The largest absolute Gasteiger partial charge is 0.397 e. The van der Waals surface area contributed by atoms with Gasteiger partial charge in [0.1, 0.15) is 14.7 Å². The first-order valence-electron chi connectivity index (χ1n) is 9.44. The molecule has 0 radical (unpaired) electrons. The number of pyridine rings is 1. The van der Waals surface area contributed by atoms with E-state index < -0.39 is 5.91 Å². The van der Waals surface area contributed by atoms with Crippen LogP contribution in [-0.4, -0.2) is 16.8 Å². The van der Waals surface area contributed by atoms with Crippen molar-refractivity contribution in [3.63, 3.8) is 0 Å². The molecule has 3 aromatic heterocycles. The summed E-state index contributed by atoms with van der Waals surface area (Å²) in [6, 6.07) is 11.8. The zero-order valence-electron chi connectivity index (χ0n) is 16.1. The molecule has 0 spiro atoms. The van der Waals surface area contributed by atoms with Crippen molar-refractivity contribution in [2.24, 2.45) is 5.73 Å². The van der Waals surface area contributed by atoms with E-state index in [1.165, 1.54) is 28.2 Å². The molecule has 0 saturated heterocycles. The fraction of sp³-hybridized carbons (Fsp3) is 0.136. The number of aryl methyl sites for hydroxylation is 2. The van der Waals surface area contributed by atoms with E-state index in [1.807, 2.05) is 37.3 Å². The molecule has 6 nitrogen and oxygen atoms in total. The maximum Gasteiger partial charge on any atom is 0.268 e. The third-order valence-corrected chi connectivity index (χ3v) is 7.62. The Labute approximate surface area is 180 Å². The average molecular weight is 435 g/mol. The minimum absolute atomic E-state index is 0.359. The predicted octanol–water partition coefficient (Wildman–Crippen LogP) is 4.37. The van der Waals surface area contributed by atoms with Gasteiger partial charge in [-0.1, -0.05) is 24.3 Å². The Kier molecular flexibility index (Phi) is 4.34. The van der Waals surface area contributed by atoms with Crippen LogP contribution in [0.2, 0.25) is 0 Å². The second-order valence-electron chi connectivity index (χ2n) is 7.24. The maximum atomic E-state index is 13.1. The standard InChI is InChI=1S/C22H18N4O2S2/c1-10-6-8-14-16(23)18(30-21(14)25-10)20(28)26-22-15(19(24)27)13-9-7-11-4-2-3-5-12(11)17(13)29-22/h2-6,8H,7,9,23H2,1H3,(H2,24,27)(H,26,28). The van der Waals surface area contributed by atoms with Crippen molar-refractivity contribution in [1.29, 1.82) is 0 Å². The number of hydrogen-bond donors (Lipinski definition) is 3. The number of amides is 2. The molecule has 1 aromatic carbocycles. The number of carbonyl (C=O) groups is 2. The summed E-state index contributed by atoms with van der Waals surface area (Å²) < 4.78 is 0. The Morgan fingerprint density at radius 2 is 1.90 bits per heavy atom. The number of aromatic nitrogens is 1. The first kappa shape index (κ1) is 18.8. The van der Waals surface area contributed by atoms with E-state index in [1.54, 1.807) is 0 Å². The van der Waals surface area contributed by atoms with Gasteiger partial charge in [-0.05, 0) is 48.6 Å². The number of rotatable bonds is 3. The Bertz CT molecular complexity index is 1350. The summed E-state index contributed by atoms with van der Waals surface area (Å²) in [7, 11) is 0. The average Bonchev–Trinajstić information content (AvgIpc) is 3.25. The summed E-state index contributed by atoms with van der Waals surface area (Å²) in [4.78, 5) is 31.9. The number of benzene rings is 1. The Morgan fingerprint density at radius 1 is 1.10 bits per heavy atom. The highest BCUT2D eigenvalue weighted by atomic mass is 32.1. The zero-order valence-corrected chi connectivity index (χ0v) is 17.7. The third kappa shape index (κ3) is 2.88. The lowest BCUT2D eigenvalue weighted by Gasteiger charge is -2.16. The van der Waals surface area contributed by atoms with E-state index in [0.717, 1.165) is 33.5 Å². The lowest BCUT2D eigenvalue weighted by Crippen LogP contribution is -2.18. The van der Waals surface area contributed by atoms with E-state index in [9.17, 15) is 9.59 Å². The number of nitrogens with two attached hydrogens (primary N) is 2. The molecule has 8 heteroatoms. The fourth-order valence-electron chi connectivity index (χ4n) is 3.91. The molecule has 4 aromatic rings. The first-order chi connectivity index (χ1) is 14.4. The van der Waals surface area contributed by atoms with E-state index >= 15 is 0 Å². The number of nitrogens with one attached hydrogen (secondary N) is 1. The van der Waals surface area contributed by atoms with Gasteiger partial charge >= 0.3 is 0 Å². The normalized spacial score (nSPS) is 12.4. The van der Waals surface area contributed by atoms with Crippen LogP contribution in [0.1, 0.15) is 36.9 Å². The van der Waals surface area contributed by atoms with Crippen molar-refractivity contribution >= 4 is 55.4 Å². The predicted molar refractivity (Wildman–Crippen MR) is 122 cm³/mol. The molecule has 0 saturated carbocycles. The second-order valence-corrected chi connectivity index (χ2v) is 9.26. The van der Waals surface area contributed by atoms with Crippen LogP contribution in [0.3, 0.4) is 0 Å². The number of primary amides is 1. The van der Waals surface area contributed by atoms with Gasteiger partial charge in [-0.2, -0.15) is 0 Å². The monoisotopic (exact) mass is 434 g/mol. The summed E-state index contributed by atoms with van der Waals surface area (Å²) in [5, 5.41) is 4.12. The lowest BCUT2D eigenvalue weighted by atomic mass is 9.89. The smallest absolute Gasteiger partial charge is 0.268 e. The quantitative estimate of drug-likeness (QED) is 0.445. The highest BCUT2D eigenvalue weighted by molar-refractivity contribution is 7.22. The van der Waals surface area contributed by atoms with Crippen LogP contribution in [0.5, 0.6) is 0 Å². The van der Waals surface area contributed by atoms with Crippen LogP contribution in [-0.2, 0) is 12.8 Å². The van der Waals surface area contributed by atoms with Gasteiger partial charge in [0.15, 0.2) is 0 Å². The second kappa shape index (κ2) is 6.93.